The van der Waals surface area contributed by atoms with Gasteiger partial charge in [-0.25, -0.2) is 9.18 Å². The molecule has 1 rings (SSSR count). The smallest absolute Gasteiger partial charge is 0.321 e. The van der Waals surface area contributed by atoms with Crippen molar-refractivity contribution in [1.29, 1.82) is 0 Å². The molecule has 0 aliphatic rings. The average Bonchev–Trinajstić information content (AvgIpc) is 2.38. The molecule has 1 unspecified atom stereocenters. The first-order chi connectivity index (χ1) is 8.93. The normalized spacial score (nSPS) is 11.7. The van der Waals surface area contributed by atoms with Gasteiger partial charge in [-0.15, -0.1) is 0 Å². The van der Waals surface area contributed by atoms with Crippen molar-refractivity contribution >= 4 is 17.7 Å². The second-order valence-electron chi connectivity index (χ2n) is 4.27. The van der Waals surface area contributed by atoms with Crippen LogP contribution >= 0.6 is 0 Å². The number of aliphatic carboxylic acids is 1. The monoisotopic (exact) mass is 268 g/mol. The van der Waals surface area contributed by atoms with E-state index in [2.05, 4.69) is 5.32 Å². The van der Waals surface area contributed by atoms with E-state index < -0.39 is 23.7 Å². The quantitative estimate of drug-likeness (QED) is 0.859. The lowest BCUT2D eigenvalue weighted by Gasteiger charge is -2.19. The molecule has 0 saturated heterocycles. The number of carbonyl (C=O) groups excluding carboxylic acids is 1. The maximum atomic E-state index is 13.5. The Labute approximate surface area is 111 Å². The Kier molecular flexibility index (Phi) is 5.29. The molecule has 0 radical (unpaired) electrons. The predicted molar refractivity (Wildman–Crippen MR) is 69.6 cm³/mol. The number of carboxylic acids is 1. The molecule has 0 spiro atoms. The van der Waals surface area contributed by atoms with Crippen molar-refractivity contribution in [3.63, 3.8) is 0 Å². The summed E-state index contributed by atoms with van der Waals surface area (Å²) in [7, 11) is 1.45. The summed E-state index contributed by atoms with van der Waals surface area (Å²) in [6.07, 6.45) is 0.326. The van der Waals surface area contributed by atoms with Crippen LogP contribution in [0.1, 0.15) is 13.3 Å². The van der Waals surface area contributed by atoms with Gasteiger partial charge in [-0.3, -0.25) is 9.69 Å². The van der Waals surface area contributed by atoms with Crippen molar-refractivity contribution in [3.8, 4) is 0 Å². The first-order valence-electron chi connectivity index (χ1n) is 5.92. The van der Waals surface area contributed by atoms with Gasteiger partial charge >= 0.3 is 12.0 Å². The lowest BCUT2D eigenvalue weighted by Crippen LogP contribution is -2.38. The number of rotatable bonds is 5. The van der Waals surface area contributed by atoms with Crippen LogP contribution in [-0.2, 0) is 4.79 Å². The molecule has 1 aromatic rings. The van der Waals surface area contributed by atoms with Gasteiger partial charge in [0.25, 0.3) is 0 Å². The molecule has 0 aromatic heterocycles. The second kappa shape index (κ2) is 6.72. The summed E-state index contributed by atoms with van der Waals surface area (Å²) in [5.41, 5.74) is 0.172. The molecule has 2 N–H and O–H groups in total. The first-order valence-corrected chi connectivity index (χ1v) is 5.92. The molecular weight excluding hydrogens is 251 g/mol. The Morgan fingerprint density at radius 1 is 1.42 bits per heavy atom. The molecule has 0 bridgehead atoms. The minimum Gasteiger partial charge on any atom is -0.481 e. The van der Waals surface area contributed by atoms with E-state index in [4.69, 9.17) is 5.11 Å². The van der Waals surface area contributed by atoms with E-state index in [1.54, 1.807) is 19.1 Å². The summed E-state index contributed by atoms with van der Waals surface area (Å²) in [5.74, 6) is -1.92. The van der Waals surface area contributed by atoms with Crippen molar-refractivity contribution in [1.82, 2.24) is 5.32 Å². The van der Waals surface area contributed by atoms with Gasteiger partial charge in [-0.1, -0.05) is 19.1 Å². The Morgan fingerprint density at radius 3 is 2.63 bits per heavy atom. The number of halogens is 1. The fourth-order valence-corrected chi connectivity index (χ4v) is 1.47. The third kappa shape index (κ3) is 4.24. The molecule has 0 heterocycles. The number of carboxylic acid groups (broad SMARTS) is 1. The molecule has 19 heavy (non-hydrogen) atoms. The molecule has 1 aromatic carbocycles. The fraction of sp³-hybridized carbons (Fsp3) is 0.385. The standard InChI is InChI=1S/C13H17FN2O3/c1-9(12(17)18)7-8-15-13(19)16(2)11-6-4-3-5-10(11)14/h3-6,9H,7-8H2,1-2H3,(H,15,19)(H,17,18). The Balaban J connectivity index is 2.50. The zero-order valence-electron chi connectivity index (χ0n) is 10.9. The van der Waals surface area contributed by atoms with Gasteiger partial charge in [-0.2, -0.15) is 0 Å². The lowest BCUT2D eigenvalue weighted by atomic mass is 10.1. The molecule has 6 heteroatoms. The number of nitrogens with one attached hydrogen (secondary N) is 1. The maximum absolute atomic E-state index is 13.5. The van der Waals surface area contributed by atoms with Gasteiger partial charge in [0.15, 0.2) is 0 Å². The summed E-state index contributed by atoms with van der Waals surface area (Å²) in [4.78, 5) is 23.5. The van der Waals surface area contributed by atoms with E-state index >= 15 is 0 Å². The van der Waals surface area contributed by atoms with E-state index in [-0.39, 0.29) is 12.2 Å². The van der Waals surface area contributed by atoms with E-state index in [0.717, 1.165) is 4.90 Å². The molecule has 0 fully saturated rings. The molecule has 0 aliphatic heterocycles. The third-order valence-corrected chi connectivity index (χ3v) is 2.79. The van der Waals surface area contributed by atoms with Gasteiger partial charge < -0.3 is 10.4 Å². The van der Waals surface area contributed by atoms with Gasteiger partial charge in [0, 0.05) is 13.6 Å². The van der Waals surface area contributed by atoms with Gasteiger partial charge in [0.1, 0.15) is 5.82 Å². The fourth-order valence-electron chi connectivity index (χ4n) is 1.47. The van der Waals surface area contributed by atoms with Crippen molar-refractivity contribution < 1.29 is 19.1 Å². The Morgan fingerprint density at radius 2 is 2.05 bits per heavy atom. The SMILES string of the molecule is CC(CCNC(=O)N(C)c1ccccc1F)C(=O)O. The number of amides is 2. The van der Waals surface area contributed by atoms with Crippen LogP contribution < -0.4 is 10.2 Å². The molecule has 1 atom stereocenters. The third-order valence-electron chi connectivity index (χ3n) is 2.79. The number of urea groups is 1. The van der Waals surface area contributed by atoms with E-state index in [1.807, 2.05) is 0 Å². The van der Waals surface area contributed by atoms with E-state index in [9.17, 15) is 14.0 Å². The first kappa shape index (κ1) is 14.9. The number of para-hydroxylation sites is 1. The van der Waals surface area contributed by atoms with Crippen molar-refractivity contribution in [2.24, 2.45) is 5.92 Å². The summed E-state index contributed by atoms with van der Waals surface area (Å²) >= 11 is 0. The minimum atomic E-state index is -0.906. The summed E-state index contributed by atoms with van der Waals surface area (Å²) in [5, 5.41) is 11.2. The topological polar surface area (TPSA) is 69.6 Å². The molecule has 0 aliphatic carbocycles. The zero-order chi connectivity index (χ0) is 14.4. The van der Waals surface area contributed by atoms with Gasteiger partial charge in [-0.05, 0) is 18.6 Å². The highest BCUT2D eigenvalue weighted by Gasteiger charge is 2.15. The number of anilines is 1. The van der Waals surface area contributed by atoms with Crippen LogP contribution in [0.5, 0.6) is 0 Å². The molecule has 0 saturated carbocycles. The van der Waals surface area contributed by atoms with Gasteiger partial charge in [0.2, 0.25) is 0 Å². The average molecular weight is 268 g/mol. The van der Waals surface area contributed by atoms with Crippen LogP contribution in [0.25, 0.3) is 0 Å². The highest BCUT2D eigenvalue weighted by Crippen LogP contribution is 2.16. The summed E-state index contributed by atoms with van der Waals surface area (Å²) in [6.45, 7) is 1.79. The van der Waals surface area contributed by atoms with Crippen LogP contribution in [0, 0.1) is 11.7 Å². The summed E-state index contributed by atoms with van der Waals surface area (Å²) < 4.78 is 13.5. The van der Waals surface area contributed by atoms with Crippen LogP contribution in [0.3, 0.4) is 0 Å². The molecule has 2 amide bonds. The lowest BCUT2D eigenvalue weighted by molar-refractivity contribution is -0.141. The molecular formula is C13H17FN2O3. The minimum absolute atomic E-state index is 0.172. The number of hydrogen-bond donors (Lipinski definition) is 2. The van der Waals surface area contributed by atoms with Crippen molar-refractivity contribution in [2.45, 2.75) is 13.3 Å². The van der Waals surface area contributed by atoms with Crippen LogP contribution in [-0.4, -0.2) is 30.7 Å². The summed E-state index contributed by atoms with van der Waals surface area (Å²) in [6, 6.07) is 5.47. The van der Waals surface area contributed by atoms with E-state index in [1.165, 1.54) is 19.2 Å². The highest BCUT2D eigenvalue weighted by molar-refractivity contribution is 5.91. The molecule has 5 nitrogen and oxygen atoms in total. The Bertz CT molecular complexity index is 465. The Hall–Kier alpha value is -2.11. The predicted octanol–water partition coefficient (Wildman–Crippen LogP) is 2.08. The zero-order valence-corrected chi connectivity index (χ0v) is 10.9. The second-order valence-corrected chi connectivity index (χ2v) is 4.27. The highest BCUT2D eigenvalue weighted by atomic mass is 19.1. The van der Waals surface area contributed by atoms with Crippen LogP contribution in [0.2, 0.25) is 0 Å². The molecule has 104 valence electrons. The van der Waals surface area contributed by atoms with Crippen LogP contribution in [0.4, 0.5) is 14.9 Å². The van der Waals surface area contributed by atoms with E-state index in [0.29, 0.717) is 6.42 Å². The van der Waals surface area contributed by atoms with Crippen molar-refractivity contribution in [3.05, 3.63) is 30.1 Å². The number of hydrogen-bond acceptors (Lipinski definition) is 2. The van der Waals surface area contributed by atoms with Crippen molar-refractivity contribution in [2.75, 3.05) is 18.5 Å². The largest absolute Gasteiger partial charge is 0.481 e. The number of nitrogens with zero attached hydrogens (tertiary/aromatic N) is 1. The maximum Gasteiger partial charge on any atom is 0.321 e. The number of benzene rings is 1. The van der Waals surface area contributed by atoms with Crippen LogP contribution in [0.15, 0.2) is 24.3 Å². The number of carbonyl (C=O) groups is 2. The van der Waals surface area contributed by atoms with Gasteiger partial charge in [0.05, 0.1) is 11.6 Å².